The summed E-state index contributed by atoms with van der Waals surface area (Å²) < 4.78 is 5.82. The fraction of sp³-hybridized carbons (Fsp3) is 0.636. The van der Waals surface area contributed by atoms with Crippen LogP contribution in [0.2, 0.25) is 0 Å². The molecule has 0 amide bonds. The fourth-order valence-corrected chi connectivity index (χ4v) is 2.47. The van der Waals surface area contributed by atoms with E-state index in [1.54, 1.807) is 12.4 Å². The topological polar surface area (TPSA) is 35.0 Å². The SMILES string of the molecule is Cc1nccnc1C1(C)CC(Cl)CCO1. The Kier molecular flexibility index (Phi) is 2.94. The molecule has 2 atom stereocenters. The molecule has 15 heavy (non-hydrogen) atoms. The Morgan fingerprint density at radius 2 is 2.20 bits per heavy atom. The van der Waals surface area contributed by atoms with Crippen molar-refractivity contribution in [3.63, 3.8) is 0 Å². The molecular formula is C11H15ClN2O. The van der Waals surface area contributed by atoms with Crippen LogP contribution in [0, 0.1) is 6.92 Å². The van der Waals surface area contributed by atoms with E-state index in [4.69, 9.17) is 16.3 Å². The Labute approximate surface area is 94.8 Å². The van der Waals surface area contributed by atoms with Crippen molar-refractivity contribution in [2.24, 2.45) is 0 Å². The normalized spacial score (nSPS) is 31.5. The van der Waals surface area contributed by atoms with Gasteiger partial charge >= 0.3 is 0 Å². The minimum absolute atomic E-state index is 0.171. The van der Waals surface area contributed by atoms with Gasteiger partial charge in [0.2, 0.25) is 0 Å². The van der Waals surface area contributed by atoms with Crippen molar-refractivity contribution in [3.8, 4) is 0 Å². The maximum atomic E-state index is 6.18. The van der Waals surface area contributed by atoms with Crippen molar-refractivity contribution in [1.29, 1.82) is 0 Å². The highest BCUT2D eigenvalue weighted by Crippen LogP contribution is 2.36. The summed E-state index contributed by atoms with van der Waals surface area (Å²) >= 11 is 6.18. The number of alkyl halides is 1. The van der Waals surface area contributed by atoms with E-state index >= 15 is 0 Å². The number of aromatic nitrogens is 2. The largest absolute Gasteiger partial charge is 0.369 e. The number of aryl methyl sites for hydroxylation is 1. The van der Waals surface area contributed by atoms with Gasteiger partial charge in [0.15, 0.2) is 0 Å². The zero-order chi connectivity index (χ0) is 10.9. The molecule has 1 fully saturated rings. The molecule has 0 aromatic carbocycles. The van der Waals surface area contributed by atoms with Crippen LogP contribution in [0.4, 0.5) is 0 Å². The molecule has 2 rings (SSSR count). The van der Waals surface area contributed by atoms with Gasteiger partial charge in [0, 0.05) is 24.4 Å². The number of rotatable bonds is 1. The van der Waals surface area contributed by atoms with E-state index in [0.29, 0.717) is 6.61 Å². The van der Waals surface area contributed by atoms with E-state index in [1.807, 2.05) is 13.8 Å². The number of ether oxygens (including phenoxy) is 1. The number of nitrogens with zero attached hydrogens (tertiary/aromatic N) is 2. The molecule has 1 saturated heterocycles. The molecule has 0 aliphatic carbocycles. The highest BCUT2D eigenvalue weighted by Gasteiger charge is 2.36. The van der Waals surface area contributed by atoms with Crippen LogP contribution in [-0.2, 0) is 10.3 Å². The number of halogens is 1. The van der Waals surface area contributed by atoms with Crippen LogP contribution in [-0.4, -0.2) is 22.0 Å². The Hall–Kier alpha value is -0.670. The lowest BCUT2D eigenvalue weighted by Crippen LogP contribution is -2.36. The summed E-state index contributed by atoms with van der Waals surface area (Å²) in [6.45, 7) is 4.69. The van der Waals surface area contributed by atoms with E-state index in [-0.39, 0.29) is 11.0 Å². The van der Waals surface area contributed by atoms with Crippen molar-refractivity contribution < 1.29 is 4.74 Å². The summed E-state index contributed by atoms with van der Waals surface area (Å²) in [5, 5.41) is 0.171. The smallest absolute Gasteiger partial charge is 0.110 e. The molecule has 1 aliphatic heterocycles. The van der Waals surface area contributed by atoms with Crippen LogP contribution in [0.15, 0.2) is 12.4 Å². The van der Waals surface area contributed by atoms with E-state index in [1.165, 1.54) is 0 Å². The summed E-state index contributed by atoms with van der Waals surface area (Å²) in [5.74, 6) is 0. The second kappa shape index (κ2) is 4.06. The first-order chi connectivity index (χ1) is 7.12. The minimum Gasteiger partial charge on any atom is -0.369 e. The first-order valence-electron chi connectivity index (χ1n) is 5.18. The van der Waals surface area contributed by atoms with E-state index in [9.17, 15) is 0 Å². The first kappa shape index (κ1) is 10.8. The summed E-state index contributed by atoms with van der Waals surface area (Å²) in [6, 6.07) is 0. The van der Waals surface area contributed by atoms with E-state index in [0.717, 1.165) is 24.2 Å². The van der Waals surface area contributed by atoms with Gasteiger partial charge < -0.3 is 4.74 Å². The predicted molar refractivity (Wildman–Crippen MR) is 58.9 cm³/mol. The van der Waals surface area contributed by atoms with Crippen molar-refractivity contribution in [1.82, 2.24) is 9.97 Å². The average molecular weight is 227 g/mol. The Morgan fingerprint density at radius 1 is 1.47 bits per heavy atom. The van der Waals surface area contributed by atoms with E-state index < -0.39 is 0 Å². The summed E-state index contributed by atoms with van der Waals surface area (Å²) in [6.07, 6.45) is 5.11. The minimum atomic E-state index is -0.372. The van der Waals surface area contributed by atoms with Gasteiger partial charge in [-0.05, 0) is 26.7 Å². The fourth-order valence-electron chi connectivity index (χ4n) is 2.09. The van der Waals surface area contributed by atoms with Gasteiger partial charge in [-0.25, -0.2) is 0 Å². The Morgan fingerprint density at radius 3 is 2.87 bits per heavy atom. The zero-order valence-corrected chi connectivity index (χ0v) is 9.79. The average Bonchev–Trinajstić information content (AvgIpc) is 2.17. The number of hydrogen-bond donors (Lipinski definition) is 0. The predicted octanol–water partition coefficient (Wildman–Crippen LogP) is 2.42. The highest BCUT2D eigenvalue weighted by molar-refractivity contribution is 6.20. The van der Waals surface area contributed by atoms with Gasteiger partial charge in [-0.3, -0.25) is 9.97 Å². The summed E-state index contributed by atoms with van der Waals surface area (Å²) in [4.78, 5) is 8.60. The molecule has 0 spiro atoms. The molecule has 82 valence electrons. The third-order valence-corrected chi connectivity index (χ3v) is 3.22. The van der Waals surface area contributed by atoms with Gasteiger partial charge in [0.1, 0.15) is 5.60 Å². The van der Waals surface area contributed by atoms with Crippen molar-refractivity contribution in [2.45, 2.75) is 37.7 Å². The molecule has 2 unspecified atom stereocenters. The molecule has 0 radical (unpaired) electrons. The molecule has 1 aromatic rings. The first-order valence-corrected chi connectivity index (χ1v) is 5.61. The molecule has 4 heteroatoms. The Bertz CT molecular complexity index is 358. The van der Waals surface area contributed by atoms with Crippen molar-refractivity contribution in [3.05, 3.63) is 23.8 Å². The second-order valence-electron chi connectivity index (χ2n) is 4.16. The molecule has 2 heterocycles. The highest BCUT2D eigenvalue weighted by atomic mass is 35.5. The van der Waals surface area contributed by atoms with Gasteiger partial charge in [-0.15, -0.1) is 11.6 Å². The third-order valence-electron chi connectivity index (χ3n) is 2.84. The molecule has 1 aliphatic rings. The molecule has 0 saturated carbocycles. The molecule has 0 N–H and O–H groups in total. The number of hydrogen-bond acceptors (Lipinski definition) is 3. The van der Waals surface area contributed by atoms with Crippen LogP contribution in [0.1, 0.15) is 31.2 Å². The van der Waals surface area contributed by atoms with Gasteiger partial charge in [0.05, 0.1) is 11.4 Å². The molecule has 0 bridgehead atoms. The van der Waals surface area contributed by atoms with Crippen LogP contribution >= 0.6 is 11.6 Å². The molecular weight excluding hydrogens is 212 g/mol. The van der Waals surface area contributed by atoms with Crippen LogP contribution in [0.3, 0.4) is 0 Å². The quantitative estimate of drug-likeness (QED) is 0.690. The lowest BCUT2D eigenvalue weighted by atomic mass is 9.91. The van der Waals surface area contributed by atoms with Crippen LogP contribution in [0.25, 0.3) is 0 Å². The van der Waals surface area contributed by atoms with Crippen molar-refractivity contribution >= 4 is 11.6 Å². The second-order valence-corrected chi connectivity index (χ2v) is 4.78. The van der Waals surface area contributed by atoms with Gasteiger partial charge in [-0.1, -0.05) is 0 Å². The summed E-state index contributed by atoms with van der Waals surface area (Å²) in [5.41, 5.74) is 1.46. The lowest BCUT2D eigenvalue weighted by molar-refractivity contribution is -0.0719. The molecule has 3 nitrogen and oxygen atoms in total. The standard InChI is InChI=1S/C11H15ClN2O/c1-8-10(14-5-4-13-8)11(2)7-9(12)3-6-15-11/h4-5,9H,3,6-7H2,1-2H3. The lowest BCUT2D eigenvalue weighted by Gasteiger charge is -2.36. The Balaban J connectivity index is 2.32. The maximum absolute atomic E-state index is 6.18. The summed E-state index contributed by atoms with van der Waals surface area (Å²) in [7, 11) is 0. The third kappa shape index (κ3) is 2.13. The monoisotopic (exact) mass is 226 g/mol. The van der Waals surface area contributed by atoms with Gasteiger partial charge in [-0.2, -0.15) is 0 Å². The maximum Gasteiger partial charge on any atom is 0.110 e. The van der Waals surface area contributed by atoms with Crippen LogP contribution < -0.4 is 0 Å². The van der Waals surface area contributed by atoms with E-state index in [2.05, 4.69) is 9.97 Å². The molecule has 1 aromatic heterocycles. The van der Waals surface area contributed by atoms with Crippen molar-refractivity contribution in [2.75, 3.05) is 6.61 Å². The zero-order valence-electron chi connectivity index (χ0n) is 9.03. The van der Waals surface area contributed by atoms with Crippen LogP contribution in [0.5, 0.6) is 0 Å². The van der Waals surface area contributed by atoms with Gasteiger partial charge in [0.25, 0.3) is 0 Å².